The zero-order valence-corrected chi connectivity index (χ0v) is 11.0. The van der Waals surface area contributed by atoms with E-state index in [9.17, 15) is 4.79 Å². The number of pyridine rings is 1. The van der Waals surface area contributed by atoms with Crippen LogP contribution in [0.15, 0.2) is 47.2 Å². The largest absolute Gasteiger partial charge is 0.478 e. The first kappa shape index (κ1) is 12.6. The lowest BCUT2D eigenvalue weighted by molar-refractivity contribution is 0.0698. The van der Waals surface area contributed by atoms with E-state index < -0.39 is 5.97 Å². The fraction of sp³-hybridized carbons (Fsp3) is 0.0769. The molecule has 1 aromatic heterocycles. The van der Waals surface area contributed by atoms with E-state index in [1.54, 1.807) is 0 Å². The molecule has 0 fully saturated rings. The van der Waals surface area contributed by atoms with E-state index in [0.717, 1.165) is 10.0 Å². The smallest absolute Gasteiger partial charge is 0.337 e. The highest BCUT2D eigenvalue weighted by molar-refractivity contribution is 9.10. The third kappa shape index (κ3) is 3.07. The molecule has 0 atom stereocenters. The molecule has 0 aliphatic carbocycles. The molecule has 0 unspecified atom stereocenters. The Bertz CT molecular complexity index is 572. The lowest BCUT2D eigenvalue weighted by Gasteiger charge is -2.09. The Morgan fingerprint density at radius 3 is 2.94 bits per heavy atom. The van der Waals surface area contributed by atoms with Crippen LogP contribution in [0.5, 0.6) is 0 Å². The van der Waals surface area contributed by atoms with Crippen molar-refractivity contribution in [3.05, 3.63) is 58.3 Å². The van der Waals surface area contributed by atoms with Crippen LogP contribution in [0, 0.1) is 0 Å². The Kier molecular flexibility index (Phi) is 3.94. The normalized spacial score (nSPS) is 10.1. The van der Waals surface area contributed by atoms with E-state index in [1.807, 2.05) is 24.3 Å². The first-order valence-electron chi connectivity index (χ1n) is 5.32. The van der Waals surface area contributed by atoms with Gasteiger partial charge in [-0.3, -0.25) is 4.98 Å². The van der Waals surface area contributed by atoms with Gasteiger partial charge >= 0.3 is 5.97 Å². The number of aromatic carboxylic acids is 1. The number of benzene rings is 1. The Balaban J connectivity index is 2.13. The van der Waals surface area contributed by atoms with Crippen LogP contribution in [0.3, 0.4) is 0 Å². The van der Waals surface area contributed by atoms with Crippen molar-refractivity contribution in [1.29, 1.82) is 0 Å². The van der Waals surface area contributed by atoms with Crippen molar-refractivity contribution in [3.63, 3.8) is 0 Å². The number of nitrogens with one attached hydrogen (secondary N) is 1. The Hall–Kier alpha value is -1.88. The number of hydrogen-bond acceptors (Lipinski definition) is 3. The predicted octanol–water partition coefficient (Wildman–Crippen LogP) is 3.15. The fourth-order valence-corrected chi connectivity index (χ4v) is 2.01. The van der Waals surface area contributed by atoms with E-state index in [1.165, 1.54) is 18.5 Å². The molecule has 2 N–H and O–H groups in total. The molecule has 0 aliphatic heterocycles. The maximum Gasteiger partial charge on any atom is 0.337 e. The van der Waals surface area contributed by atoms with Crippen LogP contribution in [0.25, 0.3) is 0 Å². The number of nitrogens with zero attached hydrogens (tertiary/aromatic N) is 1. The van der Waals surface area contributed by atoms with E-state index in [4.69, 9.17) is 5.11 Å². The Labute approximate surface area is 113 Å². The third-order valence-electron chi connectivity index (χ3n) is 2.42. The van der Waals surface area contributed by atoms with Gasteiger partial charge in [0.25, 0.3) is 0 Å². The first-order valence-corrected chi connectivity index (χ1v) is 6.12. The summed E-state index contributed by atoms with van der Waals surface area (Å²) in [7, 11) is 0. The average Bonchev–Trinajstić information content (AvgIpc) is 2.37. The molecule has 1 aromatic carbocycles. The maximum atomic E-state index is 11.0. The molecule has 5 heteroatoms. The van der Waals surface area contributed by atoms with Crippen molar-refractivity contribution in [1.82, 2.24) is 4.98 Å². The minimum Gasteiger partial charge on any atom is -0.478 e. The summed E-state index contributed by atoms with van der Waals surface area (Å²) in [6.45, 7) is 0.547. The molecule has 2 rings (SSSR count). The van der Waals surface area contributed by atoms with Gasteiger partial charge in [0.2, 0.25) is 0 Å². The number of hydrogen-bond donors (Lipinski definition) is 2. The predicted molar refractivity (Wildman–Crippen MR) is 72.7 cm³/mol. The minimum absolute atomic E-state index is 0.222. The van der Waals surface area contributed by atoms with Gasteiger partial charge in [0.15, 0.2) is 0 Å². The summed E-state index contributed by atoms with van der Waals surface area (Å²) in [5, 5.41) is 12.1. The SMILES string of the molecule is O=C(O)c1ccncc1NCc1cccc(Br)c1. The zero-order chi connectivity index (χ0) is 13.0. The molecule has 0 aliphatic rings. The molecule has 0 amide bonds. The van der Waals surface area contributed by atoms with Gasteiger partial charge in [-0.15, -0.1) is 0 Å². The van der Waals surface area contributed by atoms with Crippen LogP contribution >= 0.6 is 15.9 Å². The Morgan fingerprint density at radius 1 is 1.39 bits per heavy atom. The lowest BCUT2D eigenvalue weighted by Crippen LogP contribution is -2.06. The van der Waals surface area contributed by atoms with Crippen LogP contribution in [-0.2, 0) is 6.54 Å². The van der Waals surface area contributed by atoms with Gasteiger partial charge in [-0.05, 0) is 23.8 Å². The molecule has 0 saturated carbocycles. The summed E-state index contributed by atoms with van der Waals surface area (Å²) in [5.74, 6) is -0.964. The number of halogens is 1. The maximum absolute atomic E-state index is 11.0. The highest BCUT2D eigenvalue weighted by atomic mass is 79.9. The number of anilines is 1. The molecule has 0 radical (unpaired) electrons. The standard InChI is InChI=1S/C13H11BrN2O2/c14-10-3-1-2-9(6-10)7-16-12-8-15-5-4-11(12)13(17)18/h1-6,8,16H,7H2,(H,17,18). The van der Waals surface area contributed by atoms with Gasteiger partial charge in [0.1, 0.15) is 0 Å². The number of carboxylic acid groups (broad SMARTS) is 1. The second-order valence-electron chi connectivity index (χ2n) is 3.71. The van der Waals surface area contributed by atoms with E-state index in [2.05, 4.69) is 26.2 Å². The second-order valence-corrected chi connectivity index (χ2v) is 4.63. The fourth-order valence-electron chi connectivity index (χ4n) is 1.57. The molecule has 4 nitrogen and oxygen atoms in total. The molecule has 0 saturated heterocycles. The van der Waals surface area contributed by atoms with Crippen molar-refractivity contribution in [2.45, 2.75) is 6.54 Å². The van der Waals surface area contributed by atoms with Gasteiger partial charge < -0.3 is 10.4 Å². The van der Waals surface area contributed by atoms with Gasteiger partial charge in [-0.2, -0.15) is 0 Å². The summed E-state index contributed by atoms with van der Waals surface area (Å²) < 4.78 is 0.992. The van der Waals surface area contributed by atoms with Gasteiger partial charge in [-0.25, -0.2) is 4.79 Å². The minimum atomic E-state index is -0.964. The van der Waals surface area contributed by atoms with Crippen molar-refractivity contribution >= 4 is 27.6 Å². The number of carbonyl (C=O) groups is 1. The van der Waals surface area contributed by atoms with Crippen molar-refractivity contribution in [2.75, 3.05) is 5.32 Å². The van der Waals surface area contributed by atoms with Crippen LogP contribution < -0.4 is 5.32 Å². The molecular formula is C13H11BrN2O2. The summed E-state index contributed by atoms with van der Waals surface area (Å²) in [5.41, 5.74) is 1.80. The van der Waals surface area contributed by atoms with E-state index >= 15 is 0 Å². The number of carboxylic acids is 1. The second kappa shape index (κ2) is 5.64. The monoisotopic (exact) mass is 306 g/mol. The first-order chi connectivity index (χ1) is 8.66. The van der Waals surface area contributed by atoms with Crippen molar-refractivity contribution in [3.8, 4) is 0 Å². The Morgan fingerprint density at radius 2 is 2.22 bits per heavy atom. The molecule has 0 bridgehead atoms. The molecule has 2 aromatic rings. The van der Waals surface area contributed by atoms with Crippen LogP contribution in [-0.4, -0.2) is 16.1 Å². The van der Waals surface area contributed by atoms with E-state index in [0.29, 0.717) is 12.2 Å². The summed E-state index contributed by atoms with van der Waals surface area (Å²) in [6.07, 6.45) is 2.98. The molecule has 92 valence electrons. The summed E-state index contributed by atoms with van der Waals surface area (Å²) in [4.78, 5) is 14.9. The average molecular weight is 307 g/mol. The highest BCUT2D eigenvalue weighted by Crippen LogP contribution is 2.16. The molecular weight excluding hydrogens is 296 g/mol. The van der Waals surface area contributed by atoms with Crippen molar-refractivity contribution in [2.24, 2.45) is 0 Å². The highest BCUT2D eigenvalue weighted by Gasteiger charge is 2.08. The number of aromatic nitrogens is 1. The van der Waals surface area contributed by atoms with Gasteiger partial charge in [-0.1, -0.05) is 28.1 Å². The third-order valence-corrected chi connectivity index (χ3v) is 2.92. The van der Waals surface area contributed by atoms with E-state index in [-0.39, 0.29) is 5.56 Å². The molecule has 18 heavy (non-hydrogen) atoms. The molecule has 1 heterocycles. The molecule has 0 spiro atoms. The lowest BCUT2D eigenvalue weighted by atomic mass is 10.2. The van der Waals surface area contributed by atoms with Crippen LogP contribution in [0.2, 0.25) is 0 Å². The van der Waals surface area contributed by atoms with Gasteiger partial charge in [0, 0.05) is 17.2 Å². The summed E-state index contributed by atoms with van der Waals surface area (Å²) >= 11 is 3.39. The van der Waals surface area contributed by atoms with Gasteiger partial charge in [0.05, 0.1) is 17.4 Å². The van der Waals surface area contributed by atoms with Crippen LogP contribution in [0.1, 0.15) is 15.9 Å². The number of rotatable bonds is 4. The summed E-state index contributed by atoms with van der Waals surface area (Å²) in [6, 6.07) is 9.29. The van der Waals surface area contributed by atoms with Crippen LogP contribution in [0.4, 0.5) is 5.69 Å². The quantitative estimate of drug-likeness (QED) is 0.911. The van der Waals surface area contributed by atoms with Crippen molar-refractivity contribution < 1.29 is 9.90 Å². The zero-order valence-electron chi connectivity index (χ0n) is 9.43. The topological polar surface area (TPSA) is 62.2 Å².